The molecule has 0 saturated carbocycles. The number of hydrogen-bond acceptors (Lipinski definition) is 5. The normalized spacial score (nSPS) is 21.7. The fraction of sp³-hybridized carbons (Fsp3) is 0.417. The Balaban J connectivity index is 1.35. The molecule has 0 radical (unpaired) electrons. The second-order valence-electron chi connectivity index (χ2n) is 9.38. The van der Waals surface area contributed by atoms with E-state index in [-0.39, 0.29) is 17.1 Å². The minimum absolute atomic E-state index is 0.121. The molecule has 1 amide bonds. The molecule has 0 N–H and O–H groups in total. The van der Waals surface area contributed by atoms with Crippen molar-refractivity contribution >= 4 is 35.4 Å². The molecular formula is C24H27BN2O3S. The molecule has 0 aromatic carbocycles. The minimum Gasteiger partial charge on any atom is -0.399 e. The van der Waals surface area contributed by atoms with E-state index in [1.807, 2.05) is 28.6 Å². The average molecular weight is 434 g/mol. The summed E-state index contributed by atoms with van der Waals surface area (Å²) in [4.78, 5) is 20.1. The minimum atomic E-state index is -0.413. The summed E-state index contributed by atoms with van der Waals surface area (Å²) in [6.45, 7) is 9.64. The number of rotatable bonds is 3. The van der Waals surface area contributed by atoms with Gasteiger partial charge in [-0.3, -0.25) is 9.78 Å². The van der Waals surface area contributed by atoms with Gasteiger partial charge in [-0.1, -0.05) is 24.3 Å². The number of carbonyl (C=O) groups is 1. The molecule has 7 heteroatoms. The summed E-state index contributed by atoms with van der Waals surface area (Å²) in [7, 11) is -0.413. The molecule has 0 unspecified atom stereocenters. The van der Waals surface area contributed by atoms with Crippen LogP contribution in [0.4, 0.5) is 0 Å². The van der Waals surface area contributed by atoms with Gasteiger partial charge in [0.15, 0.2) is 0 Å². The second kappa shape index (κ2) is 7.43. The van der Waals surface area contributed by atoms with Crippen LogP contribution in [0.3, 0.4) is 0 Å². The van der Waals surface area contributed by atoms with Gasteiger partial charge < -0.3 is 14.2 Å². The first-order chi connectivity index (χ1) is 14.7. The molecule has 0 bridgehead atoms. The van der Waals surface area contributed by atoms with Crippen molar-refractivity contribution in [2.24, 2.45) is 0 Å². The lowest BCUT2D eigenvalue weighted by atomic mass is 9.78. The van der Waals surface area contributed by atoms with Crippen molar-refractivity contribution in [1.82, 2.24) is 9.88 Å². The molecule has 3 aliphatic rings. The van der Waals surface area contributed by atoms with E-state index in [1.165, 1.54) is 22.5 Å². The Labute approximate surface area is 187 Å². The number of amides is 1. The van der Waals surface area contributed by atoms with Crippen molar-refractivity contribution in [3.63, 3.8) is 0 Å². The highest BCUT2D eigenvalue weighted by molar-refractivity contribution is 7.12. The number of aromatic nitrogens is 1. The number of thiophene rings is 1. The van der Waals surface area contributed by atoms with E-state index in [0.717, 1.165) is 41.0 Å². The number of fused-ring (bicyclic) bond motifs is 1. The first-order valence-corrected chi connectivity index (χ1v) is 11.7. The van der Waals surface area contributed by atoms with Crippen molar-refractivity contribution in [3.05, 3.63) is 63.6 Å². The van der Waals surface area contributed by atoms with E-state index in [1.54, 1.807) is 0 Å². The van der Waals surface area contributed by atoms with E-state index in [0.29, 0.717) is 6.54 Å². The topological polar surface area (TPSA) is 51.7 Å². The van der Waals surface area contributed by atoms with Crippen molar-refractivity contribution in [2.75, 3.05) is 13.1 Å². The van der Waals surface area contributed by atoms with Gasteiger partial charge in [0.2, 0.25) is 0 Å². The highest BCUT2D eigenvalue weighted by atomic mass is 32.1. The molecule has 5 nitrogen and oxygen atoms in total. The highest BCUT2D eigenvalue weighted by Gasteiger charge is 2.52. The van der Waals surface area contributed by atoms with Crippen LogP contribution in [0.15, 0.2) is 47.5 Å². The van der Waals surface area contributed by atoms with Crippen LogP contribution in [-0.2, 0) is 15.7 Å². The molecule has 1 aliphatic carbocycles. The number of nitrogens with zero attached hydrogens (tertiary/aromatic N) is 2. The molecule has 2 aromatic heterocycles. The molecule has 2 aromatic rings. The molecule has 5 rings (SSSR count). The third-order valence-corrected chi connectivity index (χ3v) is 7.74. The highest BCUT2D eigenvalue weighted by Crippen LogP contribution is 2.38. The van der Waals surface area contributed by atoms with Crippen molar-refractivity contribution in [1.29, 1.82) is 0 Å². The number of carbonyl (C=O) groups excluding carboxylic acids is 1. The van der Waals surface area contributed by atoms with Gasteiger partial charge in [0, 0.05) is 36.7 Å². The summed E-state index contributed by atoms with van der Waals surface area (Å²) < 4.78 is 12.5. The fourth-order valence-corrected chi connectivity index (χ4v) is 4.97. The van der Waals surface area contributed by atoms with Crippen LogP contribution in [0.1, 0.15) is 55.0 Å². The Bertz CT molecular complexity index is 1070. The maximum absolute atomic E-state index is 12.6. The van der Waals surface area contributed by atoms with Gasteiger partial charge in [0.1, 0.15) is 0 Å². The Morgan fingerprint density at radius 2 is 1.97 bits per heavy atom. The number of hydrogen-bond donors (Lipinski definition) is 0. The monoisotopic (exact) mass is 434 g/mol. The molecule has 0 atom stereocenters. The average Bonchev–Trinajstić information content (AvgIpc) is 3.46. The Morgan fingerprint density at radius 1 is 1.19 bits per heavy atom. The predicted octanol–water partition coefficient (Wildman–Crippen LogP) is 3.85. The van der Waals surface area contributed by atoms with Crippen LogP contribution in [0.5, 0.6) is 0 Å². The van der Waals surface area contributed by atoms with Gasteiger partial charge in [-0.25, -0.2) is 0 Å². The number of allylic oxidation sites excluding steroid dienone is 2. The smallest absolute Gasteiger partial charge is 0.399 e. The van der Waals surface area contributed by atoms with Crippen molar-refractivity contribution in [2.45, 2.75) is 51.7 Å². The van der Waals surface area contributed by atoms with Gasteiger partial charge in [-0.2, -0.15) is 0 Å². The molecule has 1 fully saturated rings. The zero-order valence-corrected chi connectivity index (χ0v) is 19.3. The Morgan fingerprint density at radius 3 is 2.61 bits per heavy atom. The van der Waals surface area contributed by atoms with Crippen LogP contribution >= 0.6 is 11.3 Å². The molecule has 0 spiro atoms. The summed E-state index contributed by atoms with van der Waals surface area (Å²) in [6.07, 6.45) is 8.02. The molecule has 1 saturated heterocycles. The van der Waals surface area contributed by atoms with Gasteiger partial charge >= 0.3 is 7.12 Å². The zero-order valence-electron chi connectivity index (χ0n) is 18.5. The molecule has 31 heavy (non-hydrogen) atoms. The second-order valence-corrected chi connectivity index (χ2v) is 10.3. The fourth-order valence-electron chi connectivity index (χ4n) is 4.28. The summed E-state index contributed by atoms with van der Waals surface area (Å²) in [5, 5.41) is 1.95. The van der Waals surface area contributed by atoms with E-state index in [2.05, 4.69) is 45.9 Å². The SMILES string of the molecule is CC1(C)OB(c2cnc3c(c2)C(C2=CCN(C(=O)c4cccs4)CC2)=CC3)OC1(C)C. The summed E-state index contributed by atoms with van der Waals surface area (Å²) >= 11 is 1.50. The summed E-state index contributed by atoms with van der Waals surface area (Å²) in [5.41, 5.74) is 4.99. The summed E-state index contributed by atoms with van der Waals surface area (Å²) in [5.74, 6) is 0.121. The van der Waals surface area contributed by atoms with Crippen molar-refractivity contribution < 1.29 is 14.1 Å². The van der Waals surface area contributed by atoms with Crippen LogP contribution in [0.2, 0.25) is 0 Å². The maximum atomic E-state index is 12.6. The predicted molar refractivity (Wildman–Crippen MR) is 125 cm³/mol. The Kier molecular flexibility index (Phi) is 4.96. The van der Waals surface area contributed by atoms with E-state index >= 15 is 0 Å². The van der Waals surface area contributed by atoms with Crippen molar-refractivity contribution in [3.8, 4) is 0 Å². The third-order valence-electron chi connectivity index (χ3n) is 6.88. The lowest BCUT2D eigenvalue weighted by molar-refractivity contribution is 0.00578. The lowest BCUT2D eigenvalue weighted by Gasteiger charge is -2.32. The quantitative estimate of drug-likeness (QED) is 0.689. The van der Waals surface area contributed by atoms with Crippen LogP contribution in [0, 0.1) is 0 Å². The number of pyridine rings is 1. The van der Waals surface area contributed by atoms with Crippen LogP contribution in [0.25, 0.3) is 5.57 Å². The standard InChI is InChI=1S/C24H27BN2O3S/c1-23(2)24(3,4)30-25(29-23)17-14-19-18(7-8-20(19)26-15-17)16-9-11-27(12-10-16)22(28)21-6-5-13-31-21/h5-7,9,13-15H,8,10-12H2,1-4H3. The third kappa shape index (κ3) is 3.58. The van der Waals surface area contributed by atoms with E-state index < -0.39 is 7.12 Å². The summed E-state index contributed by atoms with van der Waals surface area (Å²) in [6, 6.07) is 5.99. The lowest BCUT2D eigenvalue weighted by Crippen LogP contribution is -2.41. The molecule has 4 heterocycles. The first-order valence-electron chi connectivity index (χ1n) is 10.8. The molecule has 160 valence electrons. The van der Waals surface area contributed by atoms with Crippen LogP contribution in [-0.4, -0.2) is 47.2 Å². The molecular weight excluding hydrogens is 407 g/mol. The largest absolute Gasteiger partial charge is 0.496 e. The van der Waals surface area contributed by atoms with E-state index in [9.17, 15) is 4.79 Å². The van der Waals surface area contributed by atoms with Gasteiger partial charge in [0.25, 0.3) is 5.91 Å². The van der Waals surface area contributed by atoms with Gasteiger partial charge in [-0.15, -0.1) is 11.3 Å². The first kappa shape index (κ1) is 20.7. The zero-order chi connectivity index (χ0) is 21.8. The Hall–Kier alpha value is -2.22. The van der Waals surface area contributed by atoms with Gasteiger partial charge in [-0.05, 0) is 56.7 Å². The van der Waals surface area contributed by atoms with E-state index in [4.69, 9.17) is 14.3 Å². The van der Waals surface area contributed by atoms with Gasteiger partial charge in [0.05, 0.1) is 21.8 Å². The maximum Gasteiger partial charge on any atom is 0.496 e. The molecule has 2 aliphatic heterocycles. The van der Waals surface area contributed by atoms with Crippen LogP contribution < -0.4 is 5.46 Å².